The number of benzene rings is 2. The molecule has 1 heterocycles. The summed E-state index contributed by atoms with van der Waals surface area (Å²) >= 11 is 0. The molecule has 0 aliphatic rings. The predicted octanol–water partition coefficient (Wildman–Crippen LogP) is 3.12. The van der Waals surface area contributed by atoms with Gasteiger partial charge in [0.2, 0.25) is 5.91 Å². The number of amides is 2. The van der Waals surface area contributed by atoms with Gasteiger partial charge in [-0.25, -0.2) is 4.79 Å². The van der Waals surface area contributed by atoms with E-state index in [1.54, 1.807) is 49.5 Å². The number of fused-ring (bicyclic) bond motifs is 1. The Balaban J connectivity index is 1.79. The summed E-state index contributed by atoms with van der Waals surface area (Å²) in [7, 11) is 1.57. The van der Waals surface area contributed by atoms with E-state index in [0.29, 0.717) is 22.4 Å². The van der Waals surface area contributed by atoms with Crippen molar-refractivity contribution in [1.82, 2.24) is 5.32 Å². The molecule has 0 unspecified atom stereocenters. The van der Waals surface area contributed by atoms with E-state index in [4.69, 9.17) is 9.15 Å². The lowest BCUT2D eigenvalue weighted by Crippen LogP contribution is -2.21. The van der Waals surface area contributed by atoms with Crippen LogP contribution in [-0.2, 0) is 11.2 Å². The van der Waals surface area contributed by atoms with E-state index in [9.17, 15) is 14.4 Å². The molecule has 150 valence electrons. The van der Waals surface area contributed by atoms with Crippen LogP contribution < -0.4 is 21.0 Å². The molecule has 0 saturated heterocycles. The third kappa shape index (κ3) is 5.01. The van der Waals surface area contributed by atoms with Crippen LogP contribution in [0.4, 0.5) is 5.69 Å². The van der Waals surface area contributed by atoms with Crippen LogP contribution in [-0.4, -0.2) is 25.0 Å². The van der Waals surface area contributed by atoms with Gasteiger partial charge in [-0.1, -0.05) is 12.1 Å². The van der Waals surface area contributed by atoms with Crippen molar-refractivity contribution in [1.29, 1.82) is 0 Å². The highest BCUT2D eigenvalue weighted by Gasteiger charge is 2.15. The van der Waals surface area contributed by atoms with Gasteiger partial charge in [0.05, 0.1) is 12.5 Å². The van der Waals surface area contributed by atoms with E-state index in [1.807, 2.05) is 13.8 Å². The standard InChI is InChI=1S/C22H22N2O5/c1-13(2)28-17-9-6-15-11-18(22(27)29-19(15)12-17)21(26)24-16-7-4-14(5-8-16)10-20(25)23-3/h4-9,11-13H,10H2,1-3H3,(H,23,25)(H,24,26). The maximum atomic E-state index is 12.5. The number of nitrogens with one attached hydrogen (secondary N) is 2. The number of likely N-dealkylation sites (N-methyl/N-ethyl adjacent to an activating group) is 1. The molecule has 0 radical (unpaired) electrons. The molecule has 2 aromatic carbocycles. The van der Waals surface area contributed by atoms with Gasteiger partial charge in [0, 0.05) is 24.2 Å². The second-order valence-electron chi connectivity index (χ2n) is 6.81. The van der Waals surface area contributed by atoms with Crippen LogP contribution in [0.2, 0.25) is 0 Å². The van der Waals surface area contributed by atoms with E-state index in [-0.39, 0.29) is 24.0 Å². The van der Waals surface area contributed by atoms with Crippen LogP contribution in [0.3, 0.4) is 0 Å². The number of rotatable bonds is 6. The van der Waals surface area contributed by atoms with Crippen molar-refractivity contribution >= 4 is 28.5 Å². The smallest absolute Gasteiger partial charge is 0.349 e. The fourth-order valence-electron chi connectivity index (χ4n) is 2.77. The summed E-state index contributed by atoms with van der Waals surface area (Å²) in [6, 6.07) is 13.4. The molecule has 0 atom stereocenters. The number of carbonyl (C=O) groups is 2. The Morgan fingerprint density at radius 3 is 2.45 bits per heavy atom. The van der Waals surface area contributed by atoms with Crippen LogP contribution in [0, 0.1) is 0 Å². The van der Waals surface area contributed by atoms with Crippen molar-refractivity contribution < 1.29 is 18.7 Å². The van der Waals surface area contributed by atoms with Crippen molar-refractivity contribution in [2.45, 2.75) is 26.4 Å². The van der Waals surface area contributed by atoms with Gasteiger partial charge in [0.25, 0.3) is 5.91 Å². The first-order valence-electron chi connectivity index (χ1n) is 9.21. The zero-order valence-electron chi connectivity index (χ0n) is 16.4. The second kappa shape index (κ2) is 8.60. The molecule has 7 nitrogen and oxygen atoms in total. The molecule has 29 heavy (non-hydrogen) atoms. The van der Waals surface area contributed by atoms with Gasteiger partial charge in [-0.15, -0.1) is 0 Å². The van der Waals surface area contributed by atoms with E-state index in [2.05, 4.69) is 10.6 Å². The highest BCUT2D eigenvalue weighted by Crippen LogP contribution is 2.22. The van der Waals surface area contributed by atoms with E-state index < -0.39 is 11.5 Å². The fourth-order valence-corrected chi connectivity index (χ4v) is 2.77. The van der Waals surface area contributed by atoms with Gasteiger partial charge in [0.15, 0.2) is 0 Å². The zero-order chi connectivity index (χ0) is 21.0. The molecule has 0 bridgehead atoms. The number of ether oxygens (including phenoxy) is 1. The summed E-state index contributed by atoms with van der Waals surface area (Å²) in [5.74, 6) is -0.0792. The number of hydrogen-bond donors (Lipinski definition) is 2. The largest absolute Gasteiger partial charge is 0.491 e. The van der Waals surface area contributed by atoms with Gasteiger partial charge in [0.1, 0.15) is 16.9 Å². The van der Waals surface area contributed by atoms with Crippen LogP contribution in [0.15, 0.2) is 57.7 Å². The van der Waals surface area contributed by atoms with Gasteiger partial charge >= 0.3 is 5.63 Å². The maximum Gasteiger partial charge on any atom is 0.349 e. The summed E-state index contributed by atoms with van der Waals surface area (Å²) in [5, 5.41) is 5.84. The third-order valence-electron chi connectivity index (χ3n) is 4.18. The Morgan fingerprint density at radius 1 is 1.07 bits per heavy atom. The summed E-state index contributed by atoms with van der Waals surface area (Å²) in [5.41, 5.74) is 0.850. The molecule has 0 aliphatic heterocycles. The molecular formula is C22H22N2O5. The van der Waals surface area contributed by atoms with Crippen molar-refractivity contribution in [3.63, 3.8) is 0 Å². The minimum atomic E-state index is -0.729. The third-order valence-corrected chi connectivity index (χ3v) is 4.18. The Kier molecular flexibility index (Phi) is 5.97. The Labute approximate surface area is 167 Å². The summed E-state index contributed by atoms with van der Waals surface area (Å²) in [6.07, 6.45) is 0.244. The summed E-state index contributed by atoms with van der Waals surface area (Å²) in [4.78, 5) is 36.2. The number of carbonyl (C=O) groups excluding carboxylic acids is 2. The quantitative estimate of drug-likeness (QED) is 0.626. The Bertz CT molecular complexity index is 1100. The molecule has 0 saturated carbocycles. The highest BCUT2D eigenvalue weighted by atomic mass is 16.5. The first-order chi connectivity index (χ1) is 13.9. The molecule has 1 aromatic heterocycles. The molecule has 3 aromatic rings. The second-order valence-corrected chi connectivity index (χ2v) is 6.81. The fraction of sp³-hybridized carbons (Fsp3) is 0.227. The Hall–Kier alpha value is -3.61. The number of hydrogen-bond acceptors (Lipinski definition) is 5. The van der Waals surface area contributed by atoms with E-state index >= 15 is 0 Å². The average molecular weight is 394 g/mol. The highest BCUT2D eigenvalue weighted by molar-refractivity contribution is 6.05. The van der Waals surface area contributed by atoms with Crippen LogP contribution in [0.5, 0.6) is 5.75 Å². The molecule has 2 N–H and O–H groups in total. The van der Waals surface area contributed by atoms with Gasteiger partial charge < -0.3 is 19.8 Å². The lowest BCUT2D eigenvalue weighted by molar-refractivity contribution is -0.119. The van der Waals surface area contributed by atoms with Crippen LogP contribution >= 0.6 is 0 Å². The molecule has 0 spiro atoms. The maximum absolute atomic E-state index is 12.5. The van der Waals surface area contributed by atoms with Crippen molar-refractivity contribution in [3.8, 4) is 5.75 Å². The Morgan fingerprint density at radius 2 is 1.79 bits per heavy atom. The molecule has 0 aliphatic carbocycles. The summed E-state index contributed by atoms with van der Waals surface area (Å²) < 4.78 is 10.9. The topological polar surface area (TPSA) is 97.6 Å². The predicted molar refractivity (Wildman–Crippen MR) is 110 cm³/mol. The molecule has 2 amide bonds. The van der Waals surface area contributed by atoms with E-state index in [0.717, 1.165) is 5.56 Å². The minimum absolute atomic E-state index is 0.00744. The summed E-state index contributed by atoms with van der Waals surface area (Å²) in [6.45, 7) is 3.80. The van der Waals surface area contributed by atoms with Gasteiger partial charge in [-0.3, -0.25) is 9.59 Å². The number of anilines is 1. The molecule has 0 fully saturated rings. The zero-order valence-corrected chi connectivity index (χ0v) is 16.4. The normalized spacial score (nSPS) is 10.8. The molecule has 7 heteroatoms. The first-order valence-corrected chi connectivity index (χ1v) is 9.21. The lowest BCUT2D eigenvalue weighted by Gasteiger charge is -2.10. The van der Waals surface area contributed by atoms with Crippen molar-refractivity contribution in [3.05, 3.63) is 70.1 Å². The van der Waals surface area contributed by atoms with Gasteiger partial charge in [-0.05, 0) is 49.7 Å². The molecular weight excluding hydrogens is 372 g/mol. The van der Waals surface area contributed by atoms with E-state index in [1.165, 1.54) is 6.07 Å². The first kappa shape index (κ1) is 20.1. The lowest BCUT2D eigenvalue weighted by atomic mass is 10.1. The minimum Gasteiger partial charge on any atom is -0.491 e. The van der Waals surface area contributed by atoms with Crippen molar-refractivity contribution in [2.24, 2.45) is 0 Å². The molecule has 3 rings (SSSR count). The average Bonchev–Trinajstić information content (AvgIpc) is 2.68. The van der Waals surface area contributed by atoms with Crippen LogP contribution in [0.1, 0.15) is 29.8 Å². The van der Waals surface area contributed by atoms with Crippen LogP contribution in [0.25, 0.3) is 11.0 Å². The monoisotopic (exact) mass is 394 g/mol. The SMILES string of the molecule is CNC(=O)Cc1ccc(NC(=O)c2cc3ccc(OC(C)C)cc3oc2=O)cc1. The van der Waals surface area contributed by atoms with Crippen molar-refractivity contribution in [2.75, 3.05) is 12.4 Å². The van der Waals surface area contributed by atoms with Gasteiger partial charge in [-0.2, -0.15) is 0 Å².